The number of amides is 1. The smallest absolute Gasteiger partial charge is 0.227 e. The first-order valence-electron chi connectivity index (χ1n) is 10.9. The number of hydrogen-bond donors (Lipinski definition) is 2. The van der Waals surface area contributed by atoms with Crippen LogP contribution in [0.3, 0.4) is 0 Å². The number of pyridine rings is 1. The van der Waals surface area contributed by atoms with Crippen LogP contribution in [0.15, 0.2) is 24.5 Å². The number of fused-ring (bicyclic) bond motifs is 1. The van der Waals surface area contributed by atoms with Crippen LogP contribution in [0, 0.1) is 12.3 Å². The van der Waals surface area contributed by atoms with Crippen LogP contribution < -0.4 is 15.5 Å². The maximum absolute atomic E-state index is 12.2. The van der Waals surface area contributed by atoms with Gasteiger partial charge in [-0.2, -0.15) is 4.98 Å². The number of imidazole rings is 1. The number of aryl methyl sites for hydroxylation is 1. The van der Waals surface area contributed by atoms with Gasteiger partial charge in [0, 0.05) is 37.9 Å². The van der Waals surface area contributed by atoms with E-state index in [-0.39, 0.29) is 11.3 Å². The quantitative estimate of drug-likeness (QED) is 0.669. The molecule has 2 fully saturated rings. The largest absolute Gasteiger partial charge is 0.356 e. The van der Waals surface area contributed by atoms with Gasteiger partial charge < -0.3 is 20.1 Å². The van der Waals surface area contributed by atoms with E-state index >= 15 is 0 Å². The van der Waals surface area contributed by atoms with E-state index < -0.39 is 0 Å². The van der Waals surface area contributed by atoms with E-state index in [1.165, 1.54) is 0 Å². The van der Waals surface area contributed by atoms with Crippen molar-refractivity contribution in [2.24, 2.45) is 5.41 Å². The molecule has 5 heterocycles. The summed E-state index contributed by atoms with van der Waals surface area (Å²) in [6, 6.07) is 4.17. The molecule has 0 saturated carbocycles. The Morgan fingerprint density at radius 1 is 1.13 bits per heavy atom. The molecule has 2 aliphatic rings. The van der Waals surface area contributed by atoms with E-state index in [0.717, 1.165) is 61.6 Å². The predicted molar refractivity (Wildman–Crippen MR) is 119 cm³/mol. The number of rotatable bonds is 4. The van der Waals surface area contributed by atoms with Gasteiger partial charge >= 0.3 is 0 Å². The Hall–Kier alpha value is -3.23. The summed E-state index contributed by atoms with van der Waals surface area (Å²) < 4.78 is 2.20. The molecular formula is C22H28N8O. The minimum atomic E-state index is -0.191. The van der Waals surface area contributed by atoms with E-state index in [2.05, 4.69) is 48.9 Å². The molecule has 3 aromatic heterocycles. The zero-order valence-electron chi connectivity index (χ0n) is 18.2. The summed E-state index contributed by atoms with van der Waals surface area (Å²) in [4.78, 5) is 32.7. The van der Waals surface area contributed by atoms with Crippen LogP contribution in [-0.4, -0.2) is 50.0 Å². The van der Waals surface area contributed by atoms with Gasteiger partial charge in [-0.15, -0.1) is 0 Å². The van der Waals surface area contributed by atoms with Gasteiger partial charge in [-0.25, -0.2) is 15.0 Å². The summed E-state index contributed by atoms with van der Waals surface area (Å²) in [5, 5.41) is 6.30. The lowest BCUT2D eigenvalue weighted by atomic mass is 9.77. The normalized spacial score (nSPS) is 18.2. The van der Waals surface area contributed by atoms with Crippen molar-refractivity contribution in [2.75, 3.05) is 29.9 Å². The highest BCUT2D eigenvalue weighted by Crippen LogP contribution is 2.38. The highest BCUT2D eigenvalue weighted by atomic mass is 16.2. The van der Waals surface area contributed by atoms with Gasteiger partial charge in [-0.1, -0.05) is 0 Å². The average Bonchev–Trinajstić information content (AvgIpc) is 3.27. The van der Waals surface area contributed by atoms with Crippen molar-refractivity contribution in [3.05, 3.63) is 30.4 Å². The van der Waals surface area contributed by atoms with E-state index in [1.807, 2.05) is 19.1 Å². The molecule has 3 aromatic rings. The summed E-state index contributed by atoms with van der Waals surface area (Å²) in [7, 11) is 0. The van der Waals surface area contributed by atoms with Gasteiger partial charge in [0.15, 0.2) is 0 Å². The fraction of sp³-hybridized carbons (Fsp3) is 0.500. The number of hydrogen-bond acceptors (Lipinski definition) is 7. The lowest BCUT2D eigenvalue weighted by Gasteiger charge is -2.37. The lowest BCUT2D eigenvalue weighted by molar-refractivity contribution is -0.128. The number of aromatic nitrogens is 5. The topological polar surface area (TPSA) is 101 Å². The number of anilines is 3. The van der Waals surface area contributed by atoms with Crippen LogP contribution in [0.1, 0.15) is 45.0 Å². The Balaban J connectivity index is 1.34. The molecule has 31 heavy (non-hydrogen) atoms. The van der Waals surface area contributed by atoms with Gasteiger partial charge in [-0.3, -0.25) is 4.79 Å². The first kappa shape index (κ1) is 19.7. The van der Waals surface area contributed by atoms with Gasteiger partial charge in [0.2, 0.25) is 11.9 Å². The monoisotopic (exact) mass is 420 g/mol. The standard InChI is InChI=1S/C22H28N8O/c1-14(2)30-15(3)26-16-13-25-19(12-17(16)30)27-18-4-8-24-21(28-18)29-10-6-22(7-11-29)5-9-23-20(22)31/h4,8,12-14H,5-7,9-11H2,1-3H3,(H,23,31)(H,24,25,27,28). The molecule has 0 bridgehead atoms. The molecule has 0 aliphatic carbocycles. The third-order valence-corrected chi connectivity index (χ3v) is 6.54. The second kappa shape index (κ2) is 7.47. The number of piperidine rings is 1. The maximum Gasteiger partial charge on any atom is 0.227 e. The van der Waals surface area contributed by atoms with Crippen LogP contribution in [0.25, 0.3) is 11.0 Å². The second-order valence-electron chi connectivity index (χ2n) is 8.82. The fourth-order valence-corrected chi connectivity index (χ4v) is 4.87. The zero-order valence-corrected chi connectivity index (χ0v) is 18.2. The van der Waals surface area contributed by atoms with Crippen molar-refractivity contribution in [2.45, 2.75) is 46.1 Å². The van der Waals surface area contributed by atoms with Crippen LogP contribution in [0.4, 0.5) is 17.6 Å². The molecule has 0 radical (unpaired) electrons. The first-order valence-corrected chi connectivity index (χ1v) is 10.9. The summed E-state index contributed by atoms with van der Waals surface area (Å²) in [5.41, 5.74) is 1.75. The number of carbonyl (C=O) groups excluding carboxylic acids is 1. The Bertz CT molecular complexity index is 1130. The van der Waals surface area contributed by atoms with Gasteiger partial charge in [0.05, 0.1) is 17.1 Å². The number of nitrogens with one attached hydrogen (secondary N) is 2. The van der Waals surface area contributed by atoms with E-state index in [9.17, 15) is 4.79 Å². The van der Waals surface area contributed by atoms with Crippen molar-refractivity contribution >= 4 is 34.5 Å². The molecule has 1 spiro atoms. The third kappa shape index (κ3) is 3.47. The molecule has 1 amide bonds. The Morgan fingerprint density at radius 3 is 2.65 bits per heavy atom. The van der Waals surface area contributed by atoms with Crippen molar-refractivity contribution in [3.8, 4) is 0 Å². The van der Waals surface area contributed by atoms with E-state index in [0.29, 0.717) is 17.8 Å². The minimum Gasteiger partial charge on any atom is -0.356 e. The highest BCUT2D eigenvalue weighted by Gasteiger charge is 2.44. The Labute approximate surface area is 181 Å². The third-order valence-electron chi connectivity index (χ3n) is 6.54. The number of nitrogens with zero attached hydrogens (tertiary/aromatic N) is 6. The van der Waals surface area contributed by atoms with Crippen molar-refractivity contribution < 1.29 is 4.79 Å². The van der Waals surface area contributed by atoms with Crippen molar-refractivity contribution in [3.63, 3.8) is 0 Å². The van der Waals surface area contributed by atoms with Crippen molar-refractivity contribution in [1.29, 1.82) is 0 Å². The molecule has 9 heteroatoms. The lowest BCUT2D eigenvalue weighted by Crippen LogP contribution is -2.44. The molecule has 2 aliphatic heterocycles. The minimum absolute atomic E-state index is 0.191. The predicted octanol–water partition coefficient (Wildman–Crippen LogP) is 2.96. The molecule has 0 atom stereocenters. The Kier molecular flexibility index (Phi) is 4.75. The van der Waals surface area contributed by atoms with Gasteiger partial charge in [0.1, 0.15) is 23.0 Å². The second-order valence-corrected chi connectivity index (χ2v) is 8.82. The molecule has 2 N–H and O–H groups in total. The molecule has 0 aromatic carbocycles. The van der Waals surface area contributed by atoms with Crippen LogP contribution in [-0.2, 0) is 4.79 Å². The summed E-state index contributed by atoms with van der Waals surface area (Å²) >= 11 is 0. The number of carbonyl (C=O) groups is 1. The SMILES string of the molecule is Cc1nc2cnc(Nc3ccnc(N4CCC5(CCNC5=O)CC4)n3)cc2n1C(C)C. The molecule has 162 valence electrons. The van der Waals surface area contributed by atoms with Gasteiger partial charge in [-0.05, 0) is 46.1 Å². The average molecular weight is 421 g/mol. The Morgan fingerprint density at radius 2 is 1.94 bits per heavy atom. The molecule has 9 nitrogen and oxygen atoms in total. The summed E-state index contributed by atoms with van der Waals surface area (Å²) in [5.74, 6) is 3.29. The molecule has 2 saturated heterocycles. The van der Waals surface area contributed by atoms with Crippen molar-refractivity contribution in [1.82, 2.24) is 29.8 Å². The van der Waals surface area contributed by atoms with Crippen LogP contribution in [0.2, 0.25) is 0 Å². The van der Waals surface area contributed by atoms with E-state index in [1.54, 1.807) is 12.4 Å². The first-order chi connectivity index (χ1) is 14.9. The fourth-order valence-electron chi connectivity index (χ4n) is 4.87. The zero-order chi connectivity index (χ0) is 21.6. The summed E-state index contributed by atoms with van der Waals surface area (Å²) in [6.07, 6.45) is 6.18. The van der Waals surface area contributed by atoms with E-state index in [4.69, 9.17) is 4.98 Å². The molecular weight excluding hydrogens is 392 g/mol. The molecule has 5 rings (SSSR count). The van der Waals surface area contributed by atoms with Crippen LogP contribution in [0.5, 0.6) is 0 Å². The highest BCUT2D eigenvalue weighted by molar-refractivity contribution is 5.85. The molecule has 0 unspecified atom stereocenters. The summed E-state index contributed by atoms with van der Waals surface area (Å²) in [6.45, 7) is 8.68. The maximum atomic E-state index is 12.2. The van der Waals surface area contributed by atoms with Crippen LogP contribution >= 0.6 is 0 Å². The van der Waals surface area contributed by atoms with Gasteiger partial charge in [0.25, 0.3) is 0 Å².